The van der Waals surface area contributed by atoms with E-state index in [1.165, 1.54) is 6.21 Å². The van der Waals surface area contributed by atoms with Crippen molar-refractivity contribution in [2.45, 2.75) is 88.3 Å². The lowest BCUT2D eigenvalue weighted by Gasteiger charge is -2.41. The highest BCUT2D eigenvalue weighted by Gasteiger charge is 2.34. The lowest BCUT2D eigenvalue weighted by Crippen LogP contribution is -2.55. The molecule has 2 aliphatic carbocycles. The number of nitrogens with two attached hydrogens (primary N) is 1. The summed E-state index contributed by atoms with van der Waals surface area (Å²) < 4.78 is 13.3. The molecule has 2 aliphatic rings. The third-order valence-corrected chi connectivity index (χ3v) is 6.05. The molecular formula is C18H36FN5. The van der Waals surface area contributed by atoms with Crippen molar-refractivity contribution in [1.29, 1.82) is 5.41 Å². The average molecular weight is 342 g/mol. The van der Waals surface area contributed by atoms with E-state index in [1.54, 1.807) is 0 Å². The first kappa shape index (κ1) is 19.8. The van der Waals surface area contributed by atoms with Gasteiger partial charge in [-0.25, -0.2) is 4.39 Å². The van der Waals surface area contributed by atoms with Crippen molar-refractivity contribution in [3.8, 4) is 0 Å². The minimum atomic E-state index is -0.665. The van der Waals surface area contributed by atoms with Gasteiger partial charge in [0.05, 0.1) is 6.17 Å². The Morgan fingerprint density at radius 3 is 2.50 bits per heavy atom. The Bertz CT molecular complexity index is 384. The molecule has 140 valence electrons. The first-order valence-electron chi connectivity index (χ1n) is 9.55. The minimum absolute atomic E-state index is 0.0421. The number of rotatable bonds is 9. The summed E-state index contributed by atoms with van der Waals surface area (Å²) in [5.41, 5.74) is 6.33. The minimum Gasteiger partial charge on any atom is -0.317 e. The third-order valence-electron chi connectivity index (χ3n) is 6.05. The van der Waals surface area contributed by atoms with Crippen LogP contribution in [0, 0.1) is 11.3 Å². The maximum Gasteiger partial charge on any atom is 0.102 e. The van der Waals surface area contributed by atoms with E-state index in [9.17, 15) is 4.39 Å². The first-order valence-corrected chi connectivity index (χ1v) is 9.55. The van der Waals surface area contributed by atoms with Crippen molar-refractivity contribution < 1.29 is 4.39 Å². The Balaban J connectivity index is 1.79. The average Bonchev–Trinajstić information content (AvgIpc) is 2.98. The van der Waals surface area contributed by atoms with Crippen molar-refractivity contribution in [3.05, 3.63) is 0 Å². The zero-order valence-electron chi connectivity index (χ0n) is 15.3. The van der Waals surface area contributed by atoms with Gasteiger partial charge < -0.3 is 21.8 Å². The standard InChI is InChI=1S/C18H36FN5/c1-13(17(21)24-16-4-3-14(19)11-16)12-23-18(9-10-20)7-5-15(22-2)6-8-18/h10,13-17,20,22-24H,3-9,11-12,21H2,1-2H3. The topological polar surface area (TPSA) is 86.0 Å². The number of alkyl halides is 1. The van der Waals surface area contributed by atoms with E-state index in [-0.39, 0.29) is 23.7 Å². The Kier molecular flexibility index (Phi) is 7.60. The summed E-state index contributed by atoms with van der Waals surface area (Å²) in [5, 5.41) is 18.0. The number of halogens is 1. The van der Waals surface area contributed by atoms with Gasteiger partial charge in [-0.3, -0.25) is 5.32 Å². The van der Waals surface area contributed by atoms with Crippen LogP contribution in [-0.2, 0) is 0 Å². The third kappa shape index (κ3) is 5.48. The van der Waals surface area contributed by atoms with Gasteiger partial charge in [-0.05, 0) is 64.1 Å². The van der Waals surface area contributed by atoms with Crippen LogP contribution in [-0.4, -0.2) is 49.8 Å². The predicted octanol–water partition coefficient (Wildman–Crippen LogP) is 1.92. The number of nitrogens with one attached hydrogen (secondary N) is 4. The van der Waals surface area contributed by atoms with Gasteiger partial charge >= 0.3 is 0 Å². The van der Waals surface area contributed by atoms with E-state index in [1.807, 2.05) is 7.05 Å². The van der Waals surface area contributed by atoms with Crippen LogP contribution in [0.5, 0.6) is 0 Å². The Labute approximate surface area is 146 Å². The van der Waals surface area contributed by atoms with Gasteiger partial charge in [-0.1, -0.05) is 6.92 Å². The van der Waals surface area contributed by atoms with Gasteiger partial charge in [0.1, 0.15) is 6.17 Å². The molecule has 0 saturated heterocycles. The van der Waals surface area contributed by atoms with Gasteiger partial charge in [0, 0.05) is 30.6 Å². The lowest BCUT2D eigenvalue weighted by molar-refractivity contribution is 0.195. The highest BCUT2D eigenvalue weighted by Crippen LogP contribution is 2.31. The van der Waals surface area contributed by atoms with Gasteiger partial charge in [-0.15, -0.1) is 0 Å². The molecule has 2 saturated carbocycles. The quantitative estimate of drug-likeness (QED) is 0.328. The summed E-state index contributed by atoms with van der Waals surface area (Å²) in [5.74, 6) is 0.272. The normalized spacial score (nSPS) is 36.4. The smallest absolute Gasteiger partial charge is 0.102 e. The molecule has 4 unspecified atom stereocenters. The fourth-order valence-electron chi connectivity index (χ4n) is 4.13. The summed E-state index contributed by atoms with van der Waals surface area (Å²) in [6.07, 6.45) is 8.17. The molecule has 6 N–H and O–H groups in total. The zero-order chi connectivity index (χ0) is 17.6. The molecule has 0 aromatic heterocycles. The molecule has 2 rings (SSSR count). The molecule has 0 aromatic rings. The van der Waals surface area contributed by atoms with Crippen LogP contribution in [0.25, 0.3) is 0 Å². The van der Waals surface area contributed by atoms with Gasteiger partial charge in [0.15, 0.2) is 0 Å². The molecule has 0 spiro atoms. The van der Waals surface area contributed by atoms with E-state index >= 15 is 0 Å². The summed E-state index contributed by atoms with van der Waals surface area (Å²) in [7, 11) is 2.03. The molecule has 0 bridgehead atoms. The van der Waals surface area contributed by atoms with Crippen LogP contribution in [0.4, 0.5) is 4.39 Å². The maximum atomic E-state index is 13.3. The highest BCUT2D eigenvalue weighted by molar-refractivity contribution is 5.55. The fourth-order valence-corrected chi connectivity index (χ4v) is 4.13. The van der Waals surface area contributed by atoms with Crippen molar-refractivity contribution in [2.75, 3.05) is 13.6 Å². The van der Waals surface area contributed by atoms with Crippen LogP contribution in [0.2, 0.25) is 0 Å². The molecule has 0 aromatic carbocycles. The largest absolute Gasteiger partial charge is 0.317 e. The van der Waals surface area contributed by atoms with E-state index in [0.717, 1.165) is 45.1 Å². The number of hydrogen-bond acceptors (Lipinski definition) is 5. The number of hydrogen-bond donors (Lipinski definition) is 5. The zero-order valence-corrected chi connectivity index (χ0v) is 15.3. The summed E-state index contributed by atoms with van der Waals surface area (Å²) >= 11 is 0. The Morgan fingerprint density at radius 1 is 1.25 bits per heavy atom. The van der Waals surface area contributed by atoms with Crippen LogP contribution >= 0.6 is 0 Å². The Hall–Kier alpha value is -0.560. The maximum absolute atomic E-state index is 13.3. The van der Waals surface area contributed by atoms with Crippen LogP contribution in [0.1, 0.15) is 58.3 Å². The summed E-state index contributed by atoms with van der Waals surface area (Å²) in [4.78, 5) is 0. The van der Waals surface area contributed by atoms with Crippen molar-refractivity contribution >= 4 is 6.21 Å². The molecule has 6 heteroatoms. The van der Waals surface area contributed by atoms with E-state index in [2.05, 4.69) is 22.9 Å². The van der Waals surface area contributed by atoms with E-state index < -0.39 is 6.17 Å². The molecule has 0 amide bonds. The molecule has 0 heterocycles. The molecule has 0 radical (unpaired) electrons. The molecule has 5 nitrogen and oxygen atoms in total. The van der Waals surface area contributed by atoms with Crippen molar-refractivity contribution in [1.82, 2.24) is 16.0 Å². The fraction of sp³-hybridized carbons (Fsp3) is 0.944. The lowest BCUT2D eigenvalue weighted by atomic mass is 9.77. The van der Waals surface area contributed by atoms with E-state index in [4.69, 9.17) is 11.1 Å². The molecule has 0 aliphatic heterocycles. The second kappa shape index (κ2) is 9.22. The van der Waals surface area contributed by atoms with Gasteiger partial charge in [-0.2, -0.15) is 0 Å². The SMILES string of the molecule is CNC1CCC(CC=N)(NCC(C)C(N)NC2CCC(F)C2)CC1. The summed E-state index contributed by atoms with van der Waals surface area (Å²) in [6, 6.07) is 0.821. The second-order valence-corrected chi connectivity index (χ2v) is 7.91. The summed E-state index contributed by atoms with van der Waals surface area (Å²) in [6.45, 7) is 2.97. The van der Waals surface area contributed by atoms with Gasteiger partial charge in [0.2, 0.25) is 0 Å². The first-order chi connectivity index (χ1) is 11.5. The van der Waals surface area contributed by atoms with Crippen molar-refractivity contribution in [2.24, 2.45) is 11.7 Å². The van der Waals surface area contributed by atoms with Crippen molar-refractivity contribution in [3.63, 3.8) is 0 Å². The monoisotopic (exact) mass is 341 g/mol. The molecule has 24 heavy (non-hydrogen) atoms. The van der Waals surface area contributed by atoms with Gasteiger partial charge in [0.25, 0.3) is 0 Å². The van der Waals surface area contributed by atoms with Crippen LogP contribution in [0.15, 0.2) is 0 Å². The Morgan fingerprint density at radius 2 is 1.96 bits per heavy atom. The predicted molar refractivity (Wildman–Crippen MR) is 98.3 cm³/mol. The molecular weight excluding hydrogens is 305 g/mol. The molecule has 4 atom stereocenters. The highest BCUT2D eigenvalue weighted by atomic mass is 19.1. The van der Waals surface area contributed by atoms with Crippen LogP contribution < -0.4 is 21.7 Å². The second-order valence-electron chi connectivity index (χ2n) is 7.91. The van der Waals surface area contributed by atoms with E-state index in [0.29, 0.717) is 18.9 Å². The van der Waals surface area contributed by atoms with Crippen LogP contribution in [0.3, 0.4) is 0 Å². The molecule has 2 fully saturated rings.